The second kappa shape index (κ2) is 6.60. The minimum Gasteiger partial charge on any atom is -0.497 e. The summed E-state index contributed by atoms with van der Waals surface area (Å²) in [6.45, 7) is 6.24. The highest BCUT2D eigenvalue weighted by atomic mass is 16.5. The predicted octanol–water partition coefficient (Wildman–Crippen LogP) is 5.37. The van der Waals surface area contributed by atoms with Crippen molar-refractivity contribution in [1.82, 2.24) is 0 Å². The molecule has 3 rings (SSSR count). The molecular weight excluding hydrogens is 312 g/mol. The third-order valence-corrected chi connectivity index (χ3v) is 4.18. The molecule has 3 aromatic carbocycles. The minimum atomic E-state index is -0.360. The predicted molar refractivity (Wildman–Crippen MR) is 101 cm³/mol. The van der Waals surface area contributed by atoms with Crippen molar-refractivity contribution in [2.24, 2.45) is 0 Å². The molecule has 25 heavy (non-hydrogen) atoms. The number of rotatable bonds is 3. The van der Waals surface area contributed by atoms with Crippen LogP contribution in [-0.4, -0.2) is 13.1 Å². The van der Waals surface area contributed by atoms with Gasteiger partial charge in [-0.25, -0.2) is 4.79 Å². The fourth-order valence-electron chi connectivity index (χ4n) is 2.79. The second-order valence-corrected chi connectivity index (χ2v) is 7.06. The SMILES string of the molecule is COc1ccc(OC(=O)c2ccc3ccccc3c2)c(C(C)(C)C)c1. The molecule has 0 aliphatic rings. The van der Waals surface area contributed by atoms with Gasteiger partial charge in [0.15, 0.2) is 0 Å². The van der Waals surface area contributed by atoms with Gasteiger partial charge in [-0.1, -0.05) is 51.1 Å². The first-order chi connectivity index (χ1) is 11.9. The standard InChI is InChI=1S/C22H22O3/c1-22(2,3)19-14-18(24-4)11-12-20(19)25-21(23)17-10-9-15-7-5-6-8-16(15)13-17/h5-14H,1-4H3. The molecule has 3 aromatic rings. The molecule has 0 fully saturated rings. The third-order valence-electron chi connectivity index (χ3n) is 4.18. The normalized spacial score (nSPS) is 11.4. The first kappa shape index (κ1) is 17.0. The van der Waals surface area contributed by atoms with E-state index in [-0.39, 0.29) is 11.4 Å². The molecule has 0 radical (unpaired) electrons. The Balaban J connectivity index is 1.94. The average Bonchev–Trinajstić information content (AvgIpc) is 2.60. The molecule has 0 bridgehead atoms. The molecule has 128 valence electrons. The van der Waals surface area contributed by atoms with Crippen LogP contribution in [-0.2, 0) is 5.41 Å². The van der Waals surface area contributed by atoms with Gasteiger partial charge in [-0.2, -0.15) is 0 Å². The van der Waals surface area contributed by atoms with Crippen molar-refractivity contribution in [3.63, 3.8) is 0 Å². The molecule has 3 nitrogen and oxygen atoms in total. The molecule has 3 heteroatoms. The van der Waals surface area contributed by atoms with Gasteiger partial charge in [0.1, 0.15) is 11.5 Å². The Morgan fingerprint density at radius 3 is 2.28 bits per heavy atom. The van der Waals surface area contributed by atoms with Gasteiger partial charge in [0.05, 0.1) is 12.7 Å². The lowest BCUT2D eigenvalue weighted by atomic mass is 9.86. The van der Waals surface area contributed by atoms with Crippen LogP contribution in [0.25, 0.3) is 10.8 Å². The summed E-state index contributed by atoms with van der Waals surface area (Å²) in [5.74, 6) is 0.948. The first-order valence-electron chi connectivity index (χ1n) is 8.28. The van der Waals surface area contributed by atoms with Crippen molar-refractivity contribution in [3.8, 4) is 11.5 Å². The molecule has 0 aliphatic heterocycles. The summed E-state index contributed by atoms with van der Waals surface area (Å²) in [6.07, 6.45) is 0. The zero-order valence-electron chi connectivity index (χ0n) is 15.0. The van der Waals surface area contributed by atoms with Gasteiger partial charge in [0.2, 0.25) is 0 Å². The maximum absolute atomic E-state index is 12.6. The van der Waals surface area contributed by atoms with Crippen LogP contribution >= 0.6 is 0 Å². The van der Waals surface area contributed by atoms with E-state index in [1.165, 1.54) is 0 Å². The van der Waals surface area contributed by atoms with E-state index in [0.29, 0.717) is 11.3 Å². The summed E-state index contributed by atoms with van der Waals surface area (Å²) in [4.78, 5) is 12.6. The molecule has 0 unspecified atom stereocenters. The maximum atomic E-state index is 12.6. The molecule has 0 aromatic heterocycles. The minimum absolute atomic E-state index is 0.173. The molecule has 0 saturated heterocycles. The van der Waals surface area contributed by atoms with Crippen LogP contribution < -0.4 is 9.47 Å². The average molecular weight is 334 g/mol. The summed E-state index contributed by atoms with van der Waals surface area (Å²) in [5.41, 5.74) is 1.29. The Morgan fingerprint density at radius 2 is 1.60 bits per heavy atom. The molecule has 0 heterocycles. The number of methoxy groups -OCH3 is 1. The summed E-state index contributed by atoms with van der Waals surface area (Å²) in [5, 5.41) is 2.11. The van der Waals surface area contributed by atoms with Crippen molar-refractivity contribution in [3.05, 3.63) is 71.8 Å². The molecule has 0 amide bonds. The Hall–Kier alpha value is -2.81. The largest absolute Gasteiger partial charge is 0.497 e. The maximum Gasteiger partial charge on any atom is 0.343 e. The lowest BCUT2D eigenvalue weighted by Crippen LogP contribution is -2.16. The van der Waals surface area contributed by atoms with Crippen molar-refractivity contribution in [1.29, 1.82) is 0 Å². The van der Waals surface area contributed by atoms with Crippen LogP contribution in [0.15, 0.2) is 60.7 Å². The van der Waals surface area contributed by atoms with Gasteiger partial charge in [0, 0.05) is 5.56 Å². The fourth-order valence-corrected chi connectivity index (χ4v) is 2.79. The van der Waals surface area contributed by atoms with Crippen molar-refractivity contribution < 1.29 is 14.3 Å². The van der Waals surface area contributed by atoms with Crippen LogP contribution in [0, 0.1) is 0 Å². The number of benzene rings is 3. The molecule has 0 aliphatic carbocycles. The Bertz CT molecular complexity index is 920. The van der Waals surface area contributed by atoms with Crippen LogP contribution in [0.1, 0.15) is 36.7 Å². The third kappa shape index (κ3) is 3.66. The highest BCUT2D eigenvalue weighted by Gasteiger charge is 2.22. The zero-order valence-corrected chi connectivity index (χ0v) is 15.0. The molecule has 0 spiro atoms. The summed E-state index contributed by atoms with van der Waals surface area (Å²) in [7, 11) is 1.63. The van der Waals surface area contributed by atoms with Gasteiger partial charge in [0.25, 0.3) is 0 Å². The number of hydrogen-bond donors (Lipinski definition) is 0. The Labute approximate surface area is 148 Å². The van der Waals surface area contributed by atoms with Gasteiger partial charge in [-0.15, -0.1) is 0 Å². The first-order valence-corrected chi connectivity index (χ1v) is 8.28. The molecule has 0 N–H and O–H groups in total. The lowest BCUT2D eigenvalue weighted by Gasteiger charge is -2.23. The molecule has 0 atom stereocenters. The summed E-state index contributed by atoms with van der Waals surface area (Å²) in [6, 6.07) is 19.0. The second-order valence-electron chi connectivity index (χ2n) is 7.06. The van der Waals surface area contributed by atoms with Crippen molar-refractivity contribution in [2.75, 3.05) is 7.11 Å². The van der Waals surface area contributed by atoms with Gasteiger partial charge >= 0.3 is 5.97 Å². The summed E-state index contributed by atoms with van der Waals surface area (Å²) >= 11 is 0. The number of fused-ring (bicyclic) bond motifs is 1. The van der Waals surface area contributed by atoms with Crippen LogP contribution in [0.4, 0.5) is 0 Å². The molecule has 0 saturated carbocycles. The number of carbonyl (C=O) groups excluding carboxylic acids is 1. The number of carbonyl (C=O) groups is 1. The van der Waals surface area contributed by atoms with E-state index in [2.05, 4.69) is 20.8 Å². The Morgan fingerprint density at radius 1 is 0.880 bits per heavy atom. The highest BCUT2D eigenvalue weighted by molar-refractivity contribution is 5.96. The Kier molecular flexibility index (Phi) is 4.49. The van der Waals surface area contributed by atoms with Crippen LogP contribution in [0.5, 0.6) is 11.5 Å². The topological polar surface area (TPSA) is 35.5 Å². The molecular formula is C22H22O3. The fraction of sp³-hybridized carbons (Fsp3) is 0.227. The number of esters is 1. The van der Waals surface area contributed by atoms with Crippen LogP contribution in [0.2, 0.25) is 0 Å². The number of ether oxygens (including phenoxy) is 2. The monoisotopic (exact) mass is 334 g/mol. The van der Waals surface area contributed by atoms with E-state index in [1.54, 1.807) is 25.3 Å². The van der Waals surface area contributed by atoms with Crippen molar-refractivity contribution >= 4 is 16.7 Å². The summed E-state index contributed by atoms with van der Waals surface area (Å²) < 4.78 is 11.0. The lowest BCUT2D eigenvalue weighted by molar-refractivity contribution is 0.0732. The van der Waals surface area contributed by atoms with E-state index >= 15 is 0 Å². The van der Waals surface area contributed by atoms with Crippen LogP contribution in [0.3, 0.4) is 0 Å². The van der Waals surface area contributed by atoms with E-state index in [1.807, 2.05) is 42.5 Å². The van der Waals surface area contributed by atoms with E-state index in [4.69, 9.17) is 9.47 Å². The number of hydrogen-bond acceptors (Lipinski definition) is 3. The quantitative estimate of drug-likeness (QED) is 0.477. The van der Waals surface area contributed by atoms with E-state index < -0.39 is 0 Å². The van der Waals surface area contributed by atoms with Gasteiger partial charge < -0.3 is 9.47 Å². The van der Waals surface area contributed by atoms with E-state index in [9.17, 15) is 4.79 Å². The van der Waals surface area contributed by atoms with E-state index in [0.717, 1.165) is 22.1 Å². The highest BCUT2D eigenvalue weighted by Crippen LogP contribution is 2.34. The smallest absolute Gasteiger partial charge is 0.343 e. The van der Waals surface area contributed by atoms with Gasteiger partial charge in [-0.3, -0.25) is 0 Å². The van der Waals surface area contributed by atoms with Gasteiger partial charge in [-0.05, 0) is 46.5 Å². The van der Waals surface area contributed by atoms with Crippen molar-refractivity contribution in [2.45, 2.75) is 26.2 Å². The zero-order chi connectivity index (χ0) is 18.0.